The van der Waals surface area contributed by atoms with Gasteiger partial charge in [-0.25, -0.2) is 28.3 Å². The minimum absolute atomic E-state index is 0.0467. The second kappa shape index (κ2) is 13.1. The first kappa shape index (κ1) is 29.2. The van der Waals surface area contributed by atoms with Crippen LogP contribution in [0.5, 0.6) is 5.88 Å². The van der Waals surface area contributed by atoms with Gasteiger partial charge in [-0.3, -0.25) is 10.2 Å². The Hall–Kier alpha value is -4.33. The van der Waals surface area contributed by atoms with E-state index in [4.69, 9.17) is 19.6 Å². The van der Waals surface area contributed by atoms with Crippen molar-refractivity contribution in [3.05, 3.63) is 66.2 Å². The number of benzene rings is 2. The lowest BCUT2D eigenvalue weighted by Gasteiger charge is -2.14. The number of fused-ring (bicyclic) bond motifs is 1. The molecule has 3 heterocycles. The van der Waals surface area contributed by atoms with E-state index < -0.39 is 16.1 Å². The molecule has 0 atom stereocenters. The number of carbonyl (C=O) groups excluding carboxylic acids is 1. The number of nitrogens with zero attached hydrogens (tertiary/aromatic N) is 4. The summed E-state index contributed by atoms with van der Waals surface area (Å²) < 4.78 is 34.1. The Bertz CT molecular complexity index is 1640. The van der Waals surface area contributed by atoms with Crippen LogP contribution in [0, 0.1) is 0 Å². The van der Waals surface area contributed by atoms with Crippen molar-refractivity contribution in [3.8, 4) is 17.1 Å². The Morgan fingerprint density at radius 3 is 2.40 bits per heavy atom. The van der Waals surface area contributed by atoms with Crippen molar-refractivity contribution >= 4 is 38.8 Å². The first-order chi connectivity index (χ1) is 20.3. The molecule has 4 aromatic rings. The monoisotopic (exact) mass is 591 g/mol. The third-order valence-corrected chi connectivity index (χ3v) is 7.69. The summed E-state index contributed by atoms with van der Waals surface area (Å²) in [5, 5.41) is 11.1. The predicted molar refractivity (Wildman–Crippen MR) is 160 cm³/mol. The fourth-order valence-electron chi connectivity index (χ4n) is 4.59. The molecule has 0 spiro atoms. The summed E-state index contributed by atoms with van der Waals surface area (Å²) in [4.78, 5) is 28.3. The number of amides is 1. The lowest BCUT2D eigenvalue weighted by atomic mass is 10.1. The van der Waals surface area contributed by atoms with E-state index in [1.54, 1.807) is 24.3 Å². The van der Waals surface area contributed by atoms with Gasteiger partial charge in [0.2, 0.25) is 21.9 Å². The molecule has 12 nitrogen and oxygen atoms in total. The molecular formula is C29H33N7O5S. The van der Waals surface area contributed by atoms with E-state index >= 15 is 0 Å². The van der Waals surface area contributed by atoms with E-state index in [1.165, 1.54) is 25.0 Å². The van der Waals surface area contributed by atoms with Crippen LogP contribution in [0.4, 0.5) is 16.4 Å². The zero-order valence-corrected chi connectivity index (χ0v) is 24.1. The van der Waals surface area contributed by atoms with Crippen LogP contribution in [0.25, 0.3) is 22.3 Å². The minimum Gasteiger partial charge on any atom is -0.476 e. The third-order valence-electron chi connectivity index (χ3n) is 6.76. The zero-order valence-electron chi connectivity index (χ0n) is 23.2. The Kier molecular flexibility index (Phi) is 9.10. The molecule has 1 aliphatic heterocycles. The van der Waals surface area contributed by atoms with Crippen LogP contribution >= 0.6 is 0 Å². The summed E-state index contributed by atoms with van der Waals surface area (Å²) in [7, 11) is -3.75. The number of likely N-dealkylation sites (tertiary alicyclic amines) is 1. The number of sulfonamides is 1. The molecule has 1 saturated heterocycles. The fraction of sp³-hybridized carbons (Fsp3) is 0.310. The smallest absolute Gasteiger partial charge is 0.411 e. The first-order valence-electron chi connectivity index (χ1n) is 13.7. The topological polar surface area (TPSA) is 162 Å². The maximum atomic E-state index is 12.2. The maximum Gasteiger partial charge on any atom is 0.411 e. The third kappa shape index (κ3) is 7.49. The van der Waals surface area contributed by atoms with Gasteiger partial charge in [0.1, 0.15) is 6.61 Å². The summed E-state index contributed by atoms with van der Waals surface area (Å²) in [6.45, 7) is 5.85. The van der Waals surface area contributed by atoms with Gasteiger partial charge in [0.15, 0.2) is 5.52 Å². The lowest BCUT2D eigenvalue weighted by Crippen LogP contribution is -2.26. The molecule has 1 amide bonds. The number of nitrogens with two attached hydrogens (primary N) is 1. The van der Waals surface area contributed by atoms with Gasteiger partial charge in [-0.1, -0.05) is 24.3 Å². The van der Waals surface area contributed by atoms with E-state index in [0.717, 1.165) is 30.8 Å². The average molecular weight is 592 g/mol. The number of aromatic nitrogens is 3. The van der Waals surface area contributed by atoms with Gasteiger partial charge in [0.25, 0.3) is 0 Å². The van der Waals surface area contributed by atoms with Crippen LogP contribution in [0.3, 0.4) is 0 Å². The number of hydrogen-bond donors (Lipinski definition) is 3. The Morgan fingerprint density at radius 2 is 1.71 bits per heavy atom. The van der Waals surface area contributed by atoms with Crippen LogP contribution < -0.4 is 20.5 Å². The molecule has 5 rings (SSSR count). The summed E-state index contributed by atoms with van der Waals surface area (Å²) in [5.74, 6) is 0.685. The van der Waals surface area contributed by atoms with Gasteiger partial charge in [-0.2, -0.15) is 4.98 Å². The molecule has 13 heteroatoms. The molecule has 0 aliphatic carbocycles. The molecule has 42 heavy (non-hydrogen) atoms. The van der Waals surface area contributed by atoms with Gasteiger partial charge < -0.3 is 14.8 Å². The first-order valence-corrected chi connectivity index (χ1v) is 15.3. The van der Waals surface area contributed by atoms with Crippen LogP contribution in [-0.2, 0) is 21.3 Å². The highest BCUT2D eigenvalue weighted by Gasteiger charge is 2.14. The molecule has 2 aromatic heterocycles. The van der Waals surface area contributed by atoms with Gasteiger partial charge in [0, 0.05) is 24.3 Å². The standard InChI is InChI=1S/C29H33N7O5S/c1-2-40-27-26-25(34-28(35-27)31-19-20-5-11-23(12-6-20)42(30,38)39)14-13-24(33-26)21-7-9-22(10-8-21)32-29(37)41-18-17-36-15-3-4-16-36/h5-14H,2-4,15-19H2,1H3,(H,32,37)(H2,30,38,39)(H,31,34,35). The number of hydrogen-bond acceptors (Lipinski definition) is 10. The molecule has 0 bridgehead atoms. The highest BCUT2D eigenvalue weighted by atomic mass is 32.2. The van der Waals surface area contributed by atoms with Crippen LogP contribution in [0.1, 0.15) is 25.3 Å². The average Bonchev–Trinajstić information content (AvgIpc) is 3.50. The van der Waals surface area contributed by atoms with E-state index in [1.807, 2.05) is 31.2 Å². The minimum atomic E-state index is -3.75. The number of nitrogens with one attached hydrogen (secondary N) is 2. The Labute approximate surface area is 244 Å². The number of ether oxygens (including phenoxy) is 2. The van der Waals surface area contributed by atoms with Crippen molar-refractivity contribution in [2.75, 3.05) is 43.5 Å². The fourth-order valence-corrected chi connectivity index (χ4v) is 5.11. The largest absolute Gasteiger partial charge is 0.476 e. The van der Waals surface area contributed by atoms with Crippen molar-refractivity contribution in [2.24, 2.45) is 5.14 Å². The molecule has 1 aliphatic rings. The molecule has 0 saturated carbocycles. The van der Waals surface area contributed by atoms with Crippen LogP contribution in [0.15, 0.2) is 65.6 Å². The van der Waals surface area contributed by atoms with E-state index in [9.17, 15) is 13.2 Å². The highest BCUT2D eigenvalue weighted by molar-refractivity contribution is 7.89. The van der Waals surface area contributed by atoms with Crippen molar-refractivity contribution in [2.45, 2.75) is 31.2 Å². The van der Waals surface area contributed by atoms with Crippen molar-refractivity contribution in [3.63, 3.8) is 0 Å². The normalized spacial score (nSPS) is 13.7. The zero-order chi connectivity index (χ0) is 29.5. The molecule has 220 valence electrons. The number of primary sulfonamides is 1. The highest BCUT2D eigenvalue weighted by Crippen LogP contribution is 2.27. The number of rotatable bonds is 11. The molecule has 0 radical (unpaired) electrons. The van der Waals surface area contributed by atoms with Gasteiger partial charge in [0.05, 0.1) is 22.7 Å². The summed E-state index contributed by atoms with van der Waals surface area (Å²) in [6, 6.07) is 17.3. The van der Waals surface area contributed by atoms with Gasteiger partial charge in [-0.15, -0.1) is 0 Å². The second-order valence-corrected chi connectivity index (χ2v) is 11.3. The summed E-state index contributed by atoms with van der Waals surface area (Å²) >= 11 is 0. The summed E-state index contributed by atoms with van der Waals surface area (Å²) in [5.41, 5.74) is 4.10. The predicted octanol–water partition coefficient (Wildman–Crippen LogP) is 3.99. The summed E-state index contributed by atoms with van der Waals surface area (Å²) in [6.07, 6.45) is 1.93. The number of anilines is 2. The van der Waals surface area contributed by atoms with Crippen molar-refractivity contribution < 1.29 is 22.7 Å². The Balaban J connectivity index is 1.25. The van der Waals surface area contributed by atoms with Gasteiger partial charge in [-0.05, 0) is 74.8 Å². The SMILES string of the molecule is CCOc1nc(NCc2ccc(S(N)(=O)=O)cc2)nc2ccc(-c3ccc(NC(=O)OCCN4CCCC4)cc3)nc12. The molecule has 2 aromatic carbocycles. The van der Waals surface area contributed by atoms with E-state index in [-0.39, 0.29) is 4.90 Å². The number of carbonyl (C=O) groups is 1. The lowest BCUT2D eigenvalue weighted by molar-refractivity contribution is 0.146. The van der Waals surface area contributed by atoms with E-state index in [0.29, 0.717) is 54.0 Å². The van der Waals surface area contributed by atoms with E-state index in [2.05, 4.69) is 25.5 Å². The van der Waals surface area contributed by atoms with Crippen LogP contribution in [-0.4, -0.2) is 67.2 Å². The molecule has 0 unspecified atom stereocenters. The number of pyridine rings is 1. The van der Waals surface area contributed by atoms with Crippen molar-refractivity contribution in [1.29, 1.82) is 0 Å². The molecule has 1 fully saturated rings. The molecule has 4 N–H and O–H groups in total. The Morgan fingerprint density at radius 1 is 0.976 bits per heavy atom. The van der Waals surface area contributed by atoms with Gasteiger partial charge >= 0.3 is 6.09 Å². The second-order valence-electron chi connectivity index (χ2n) is 9.78. The molecular weight excluding hydrogens is 558 g/mol. The maximum absolute atomic E-state index is 12.2. The quantitative estimate of drug-likeness (QED) is 0.232. The van der Waals surface area contributed by atoms with Crippen LogP contribution in [0.2, 0.25) is 0 Å². The van der Waals surface area contributed by atoms with Crippen molar-refractivity contribution in [1.82, 2.24) is 19.9 Å².